The van der Waals surface area contributed by atoms with Crippen molar-refractivity contribution in [2.24, 2.45) is 0 Å². The third-order valence-corrected chi connectivity index (χ3v) is 24.2. The van der Waals surface area contributed by atoms with E-state index in [2.05, 4.69) is 432 Å². The molecule has 0 aliphatic carbocycles. The molecule has 2 heterocycles. The predicted molar refractivity (Wildman–Crippen MR) is 500 cm³/mol. The van der Waals surface area contributed by atoms with E-state index >= 15 is 0 Å². The Hall–Kier alpha value is -13.5. The molecule has 0 N–H and O–H groups in total. The van der Waals surface area contributed by atoms with Gasteiger partial charge in [-0.1, -0.05) is 335 Å². The number of nitrogens with zero attached hydrogens (tertiary/aromatic N) is 4. The first-order valence-corrected chi connectivity index (χ1v) is 41.3. The van der Waals surface area contributed by atoms with E-state index in [4.69, 9.17) is 0 Å². The number of fused-ring (bicyclic) bond motifs is 8. The summed E-state index contributed by atoms with van der Waals surface area (Å²) in [7, 11) is 0. The van der Waals surface area contributed by atoms with Gasteiger partial charge in [0.15, 0.2) is 0 Å². The van der Waals surface area contributed by atoms with Gasteiger partial charge < -0.3 is 18.9 Å². The minimum atomic E-state index is -0.177. The molecule has 564 valence electrons. The fraction of sp³-hybridized carbons (Fsp3) is 0.125. The van der Waals surface area contributed by atoms with Crippen molar-refractivity contribution < 1.29 is 0 Å². The Bertz CT molecular complexity index is 6620. The van der Waals surface area contributed by atoms with Gasteiger partial charge in [-0.05, 0) is 223 Å². The van der Waals surface area contributed by atoms with Gasteiger partial charge >= 0.3 is 0 Å². The summed E-state index contributed by atoms with van der Waals surface area (Å²) in [5.74, 6) is 0. The lowest BCUT2D eigenvalue weighted by Gasteiger charge is -2.35. The van der Waals surface area contributed by atoms with Crippen LogP contribution in [0.15, 0.2) is 389 Å². The molecule has 0 aliphatic heterocycles. The zero-order valence-electron chi connectivity index (χ0n) is 67.2. The Labute approximate surface area is 683 Å². The lowest BCUT2D eigenvalue weighted by atomic mass is 9.78. The number of anilines is 6. The van der Waals surface area contributed by atoms with E-state index in [9.17, 15) is 0 Å². The number of benzene rings is 16. The SMILES string of the molecule is C=C/C=C(\C=C)c1ccc2c(c1)c1cc(-c3ccccc3)ccc1n2-c1cccc(N(c2ccc(-c3ccccc3)cc2)c2c3ccc(C(C)(C)CCCC)cc3c(N(c3ccc(-c4ccccc4)cc3)c3cccc(-n4c5ccc(-c6ccccc6)cc5c5cc(-c6ccccc6)ccc54)c3)c3ccc(C(C)(C)CCCC)cc23)c1. The average Bonchev–Trinajstić information content (AvgIpc) is 0.883. The van der Waals surface area contributed by atoms with Crippen molar-refractivity contribution in [2.45, 2.75) is 90.9 Å². The first-order valence-electron chi connectivity index (χ1n) is 41.3. The minimum absolute atomic E-state index is 0.176. The molecule has 0 fully saturated rings. The monoisotopic (exact) mass is 1500 g/mol. The van der Waals surface area contributed by atoms with E-state index in [0.717, 1.165) is 161 Å². The summed E-state index contributed by atoms with van der Waals surface area (Å²) in [6, 6.07) is 134. The van der Waals surface area contributed by atoms with Crippen LogP contribution in [0.4, 0.5) is 34.1 Å². The summed E-state index contributed by atoms with van der Waals surface area (Å²) in [4.78, 5) is 5.20. The molecule has 2 aromatic heterocycles. The fourth-order valence-corrected chi connectivity index (χ4v) is 17.9. The number of unbranched alkanes of at least 4 members (excludes halogenated alkanes) is 2. The van der Waals surface area contributed by atoms with Crippen molar-refractivity contribution in [2.75, 3.05) is 9.80 Å². The minimum Gasteiger partial charge on any atom is -0.309 e. The van der Waals surface area contributed by atoms with Crippen LogP contribution in [0.1, 0.15) is 96.8 Å². The normalized spacial score (nSPS) is 12.0. The molecule has 0 atom stereocenters. The first-order chi connectivity index (χ1) is 56.8. The van der Waals surface area contributed by atoms with Gasteiger partial charge in [0.05, 0.1) is 33.4 Å². The number of allylic oxidation sites excluding steroid dienone is 4. The highest BCUT2D eigenvalue weighted by atomic mass is 15.2. The smallest absolute Gasteiger partial charge is 0.0620 e. The quantitative estimate of drug-likeness (QED) is 0.0341. The molecule has 0 bridgehead atoms. The highest BCUT2D eigenvalue weighted by molar-refractivity contribution is 6.24. The maximum absolute atomic E-state index is 4.26. The molecule has 0 spiro atoms. The van der Waals surface area contributed by atoms with Gasteiger partial charge in [0.1, 0.15) is 0 Å². The van der Waals surface area contributed by atoms with Gasteiger partial charge in [-0.15, -0.1) is 0 Å². The Morgan fingerprint density at radius 3 is 0.966 bits per heavy atom. The van der Waals surface area contributed by atoms with Gasteiger partial charge in [0.25, 0.3) is 0 Å². The van der Waals surface area contributed by atoms with E-state index in [0.29, 0.717) is 0 Å². The molecule has 16 aromatic carbocycles. The first kappa shape index (κ1) is 73.9. The van der Waals surface area contributed by atoms with Gasteiger partial charge in [0.2, 0.25) is 0 Å². The summed E-state index contributed by atoms with van der Waals surface area (Å²) in [5.41, 5.74) is 29.1. The maximum Gasteiger partial charge on any atom is 0.0620 e. The van der Waals surface area contributed by atoms with Gasteiger partial charge in [-0.2, -0.15) is 0 Å². The van der Waals surface area contributed by atoms with Gasteiger partial charge in [-0.25, -0.2) is 0 Å². The van der Waals surface area contributed by atoms with Crippen molar-refractivity contribution in [3.8, 4) is 67.0 Å². The Morgan fingerprint density at radius 1 is 0.293 bits per heavy atom. The van der Waals surface area contributed by atoms with Gasteiger partial charge in [-0.3, -0.25) is 0 Å². The molecule has 0 radical (unpaired) electrons. The highest BCUT2D eigenvalue weighted by Gasteiger charge is 2.32. The molecule has 4 nitrogen and oxygen atoms in total. The lowest BCUT2D eigenvalue weighted by Crippen LogP contribution is -2.19. The number of hydrogen-bond acceptors (Lipinski definition) is 2. The largest absolute Gasteiger partial charge is 0.309 e. The topological polar surface area (TPSA) is 16.3 Å². The second-order valence-corrected chi connectivity index (χ2v) is 32.5. The highest BCUT2D eigenvalue weighted by Crippen LogP contribution is 2.55. The Balaban J connectivity index is 0.931. The maximum atomic E-state index is 4.26. The van der Waals surface area contributed by atoms with Crippen LogP contribution in [0.5, 0.6) is 0 Å². The summed E-state index contributed by atoms with van der Waals surface area (Å²) < 4.78 is 4.98. The van der Waals surface area contributed by atoms with Crippen molar-refractivity contribution in [3.63, 3.8) is 0 Å². The molecule has 18 rings (SSSR count). The molecular weight excluding hydrogens is 1400 g/mol. The molecule has 0 aliphatic rings. The Morgan fingerprint density at radius 2 is 0.621 bits per heavy atom. The third kappa shape index (κ3) is 13.9. The molecular formula is C112H96N4. The van der Waals surface area contributed by atoms with Crippen LogP contribution in [0.3, 0.4) is 0 Å². The van der Waals surface area contributed by atoms with Crippen LogP contribution in [0.25, 0.3) is 138 Å². The number of aromatic nitrogens is 2. The lowest BCUT2D eigenvalue weighted by molar-refractivity contribution is 0.458. The predicted octanol–water partition coefficient (Wildman–Crippen LogP) is 32.2. The number of hydrogen-bond donors (Lipinski definition) is 0. The standard InChI is InChI=1S/C112H96N4/c1-9-13-67-111(5,6)89-56-62-98-103(73-89)109(113(91-57-47-83(48-58-91)78-33-20-15-21-34-78)93-43-30-45-95(75-93)115-105-63-51-85(77(12-4)32-11-3)69-99(105)100-70-86(52-64-106(100)115)80-37-24-17-25-38-80)97-61-55-90(112(7,8)68-14-10-2)74-104(97)110(98)114(92-59-49-84(50-60-92)79-35-22-16-23-36-79)94-44-31-46-96(76-94)116-107-65-53-87(81-39-26-18-27-40-81)71-101(107)102-72-88(54-66-108(102)116)82-41-28-19-29-42-82/h11-12,15-66,69-76H,3-4,9-10,13-14,67-68H2,1-2,5-8H3/b77-32+. The van der Waals surface area contributed by atoms with Crippen LogP contribution in [-0.4, -0.2) is 9.13 Å². The van der Waals surface area contributed by atoms with E-state index in [1.807, 2.05) is 18.2 Å². The van der Waals surface area contributed by atoms with Crippen LogP contribution < -0.4 is 9.80 Å². The van der Waals surface area contributed by atoms with Gasteiger partial charge in [0, 0.05) is 77.2 Å². The van der Waals surface area contributed by atoms with Crippen molar-refractivity contribution in [1.82, 2.24) is 9.13 Å². The van der Waals surface area contributed by atoms with Crippen LogP contribution in [-0.2, 0) is 10.8 Å². The van der Waals surface area contributed by atoms with E-state index in [1.54, 1.807) is 0 Å². The average molecular weight is 1500 g/mol. The summed E-state index contributed by atoms with van der Waals surface area (Å²) in [6.45, 7) is 22.8. The zero-order chi connectivity index (χ0) is 79.0. The van der Waals surface area contributed by atoms with E-state index in [1.165, 1.54) is 66.2 Å². The summed E-state index contributed by atoms with van der Waals surface area (Å²) >= 11 is 0. The molecule has 0 saturated heterocycles. The molecule has 0 amide bonds. The molecule has 116 heavy (non-hydrogen) atoms. The second kappa shape index (κ2) is 31.4. The molecule has 0 unspecified atom stereocenters. The summed E-state index contributed by atoms with van der Waals surface area (Å²) in [5, 5.41) is 9.32. The van der Waals surface area contributed by atoms with Crippen LogP contribution in [0.2, 0.25) is 0 Å². The fourth-order valence-electron chi connectivity index (χ4n) is 17.9. The van der Waals surface area contributed by atoms with E-state index < -0.39 is 0 Å². The summed E-state index contributed by atoms with van der Waals surface area (Å²) in [6.07, 6.45) is 12.3. The van der Waals surface area contributed by atoms with Crippen molar-refractivity contribution >= 4 is 105 Å². The van der Waals surface area contributed by atoms with Crippen LogP contribution in [0, 0.1) is 0 Å². The Kier molecular flexibility index (Phi) is 20.0. The van der Waals surface area contributed by atoms with Crippen molar-refractivity contribution in [3.05, 3.63) is 406 Å². The molecule has 0 saturated carbocycles. The third-order valence-electron chi connectivity index (χ3n) is 24.2. The van der Waals surface area contributed by atoms with E-state index in [-0.39, 0.29) is 10.8 Å². The molecule has 18 aromatic rings. The number of rotatable bonds is 24. The second-order valence-electron chi connectivity index (χ2n) is 32.5. The zero-order valence-corrected chi connectivity index (χ0v) is 67.2. The van der Waals surface area contributed by atoms with Crippen molar-refractivity contribution in [1.29, 1.82) is 0 Å². The molecule has 4 heteroatoms. The van der Waals surface area contributed by atoms with Crippen LogP contribution >= 0.6 is 0 Å².